The molecular weight excluding hydrogens is 390 g/mol. The zero-order valence-corrected chi connectivity index (χ0v) is 17.3. The number of rotatable bonds is 8. The number of likely N-dealkylation sites (tertiary alicyclic amines) is 1. The van der Waals surface area contributed by atoms with E-state index < -0.39 is 12.1 Å². The van der Waals surface area contributed by atoms with Crippen molar-refractivity contribution in [2.24, 2.45) is 0 Å². The van der Waals surface area contributed by atoms with Crippen molar-refractivity contribution in [1.29, 1.82) is 0 Å². The van der Waals surface area contributed by atoms with Crippen molar-refractivity contribution in [3.63, 3.8) is 0 Å². The quantitative estimate of drug-likeness (QED) is 0.383. The number of unbranched alkanes of at least 4 members (excludes halogenated alkanes) is 1. The smallest absolute Gasteiger partial charge is 0.303 e. The van der Waals surface area contributed by atoms with Gasteiger partial charge in [0.05, 0.1) is 18.7 Å². The molecule has 156 valence electrons. The lowest BCUT2D eigenvalue weighted by Gasteiger charge is -2.26. The fourth-order valence-corrected chi connectivity index (χ4v) is 3.39. The summed E-state index contributed by atoms with van der Waals surface area (Å²) in [5.41, 5.74) is 0.993. The Balaban J connectivity index is 1.94. The van der Waals surface area contributed by atoms with Gasteiger partial charge in [0, 0.05) is 30.7 Å². The van der Waals surface area contributed by atoms with Gasteiger partial charge in [-0.15, -0.1) is 5.92 Å². The van der Waals surface area contributed by atoms with Crippen LogP contribution in [-0.2, 0) is 16.0 Å². The van der Waals surface area contributed by atoms with Crippen molar-refractivity contribution in [3.05, 3.63) is 47.0 Å². The van der Waals surface area contributed by atoms with Crippen LogP contribution in [0.2, 0.25) is 5.02 Å². The molecule has 5 nitrogen and oxygen atoms in total. The number of carbonyl (C=O) groups is 2. The van der Waals surface area contributed by atoms with Gasteiger partial charge in [0.1, 0.15) is 0 Å². The number of aliphatic hydroxyl groups excluding tert-OH is 1. The molecule has 1 fully saturated rings. The Labute approximate surface area is 177 Å². The molecule has 1 aliphatic heterocycles. The maximum absolute atomic E-state index is 12.5. The molecule has 2 rings (SSSR count). The molecule has 1 aromatic rings. The Morgan fingerprint density at radius 1 is 1.28 bits per heavy atom. The Bertz CT molecular complexity index is 763. The van der Waals surface area contributed by atoms with Gasteiger partial charge in [-0.3, -0.25) is 9.59 Å². The first-order chi connectivity index (χ1) is 14.0. The van der Waals surface area contributed by atoms with Crippen LogP contribution in [0.5, 0.6) is 0 Å². The predicted octanol–water partition coefficient (Wildman–Crippen LogP) is 3.83. The van der Waals surface area contributed by atoms with Crippen LogP contribution in [-0.4, -0.2) is 45.7 Å². The number of hydrogen-bond donors (Lipinski definition) is 2. The lowest BCUT2D eigenvalue weighted by Crippen LogP contribution is -2.38. The van der Waals surface area contributed by atoms with Crippen molar-refractivity contribution >= 4 is 23.5 Å². The second-order valence-corrected chi connectivity index (χ2v) is 7.65. The third-order valence-corrected chi connectivity index (χ3v) is 5.09. The Morgan fingerprint density at radius 2 is 2.03 bits per heavy atom. The molecule has 1 unspecified atom stereocenters. The molecule has 1 saturated heterocycles. The number of aliphatic carboxylic acids is 1. The average Bonchev–Trinajstić information content (AvgIpc) is 2.86. The van der Waals surface area contributed by atoms with E-state index in [2.05, 4.69) is 11.8 Å². The first-order valence-corrected chi connectivity index (χ1v) is 10.4. The fourth-order valence-electron chi connectivity index (χ4n) is 3.26. The van der Waals surface area contributed by atoms with E-state index in [1.165, 1.54) is 0 Å². The maximum atomic E-state index is 12.5. The largest absolute Gasteiger partial charge is 0.481 e. The fraction of sp³-hybridized carbons (Fsp3) is 0.478. The molecule has 29 heavy (non-hydrogen) atoms. The lowest BCUT2D eigenvalue weighted by molar-refractivity contribution is -0.137. The van der Waals surface area contributed by atoms with Gasteiger partial charge in [-0.05, 0) is 37.0 Å². The Hall–Kier alpha value is -2.29. The van der Waals surface area contributed by atoms with Gasteiger partial charge >= 0.3 is 5.97 Å². The summed E-state index contributed by atoms with van der Waals surface area (Å²) in [7, 11) is 0. The number of carboxylic acids is 1. The summed E-state index contributed by atoms with van der Waals surface area (Å²) in [4.78, 5) is 24.8. The van der Waals surface area contributed by atoms with E-state index in [1.54, 1.807) is 23.1 Å². The van der Waals surface area contributed by atoms with Crippen molar-refractivity contribution in [2.75, 3.05) is 6.54 Å². The van der Waals surface area contributed by atoms with E-state index in [-0.39, 0.29) is 18.4 Å². The molecule has 0 aliphatic carbocycles. The molecule has 2 N–H and O–H groups in total. The van der Waals surface area contributed by atoms with E-state index in [1.807, 2.05) is 18.2 Å². The van der Waals surface area contributed by atoms with E-state index in [0.29, 0.717) is 37.3 Å². The van der Waals surface area contributed by atoms with Crippen molar-refractivity contribution in [1.82, 2.24) is 4.90 Å². The van der Waals surface area contributed by atoms with Gasteiger partial charge in [-0.2, -0.15) is 0 Å². The summed E-state index contributed by atoms with van der Waals surface area (Å²) in [5, 5.41) is 19.7. The zero-order chi connectivity index (χ0) is 21.1. The molecule has 1 aliphatic rings. The van der Waals surface area contributed by atoms with E-state index >= 15 is 0 Å². The van der Waals surface area contributed by atoms with Crippen LogP contribution in [0.4, 0.5) is 0 Å². The van der Waals surface area contributed by atoms with Crippen LogP contribution < -0.4 is 0 Å². The minimum Gasteiger partial charge on any atom is -0.481 e. The number of aliphatic hydroxyl groups is 1. The van der Waals surface area contributed by atoms with Crippen LogP contribution in [0, 0.1) is 11.8 Å². The summed E-state index contributed by atoms with van der Waals surface area (Å²) in [6.45, 7) is 0.328. The van der Waals surface area contributed by atoms with Gasteiger partial charge in [0.2, 0.25) is 5.91 Å². The zero-order valence-electron chi connectivity index (χ0n) is 16.5. The van der Waals surface area contributed by atoms with Gasteiger partial charge in [0.25, 0.3) is 0 Å². The van der Waals surface area contributed by atoms with Crippen LogP contribution in [0.25, 0.3) is 0 Å². The average molecular weight is 418 g/mol. The monoisotopic (exact) mass is 417 g/mol. The number of benzene rings is 1. The third-order valence-electron chi connectivity index (χ3n) is 4.84. The molecule has 1 heterocycles. The highest BCUT2D eigenvalue weighted by molar-refractivity contribution is 6.30. The number of carboxylic acid groups (broad SMARTS) is 1. The minimum atomic E-state index is -0.822. The maximum Gasteiger partial charge on any atom is 0.303 e. The minimum absolute atomic E-state index is 0.0733. The molecular formula is C23H28ClNO4. The van der Waals surface area contributed by atoms with Crippen LogP contribution in [0.15, 0.2) is 36.4 Å². The molecule has 2 atom stereocenters. The van der Waals surface area contributed by atoms with E-state index in [0.717, 1.165) is 24.8 Å². The van der Waals surface area contributed by atoms with Gasteiger partial charge in [0.15, 0.2) is 0 Å². The summed E-state index contributed by atoms with van der Waals surface area (Å²) in [6, 6.07) is 7.29. The number of amides is 1. The van der Waals surface area contributed by atoms with Gasteiger partial charge in [-0.1, -0.05) is 48.2 Å². The SMILES string of the molecule is O=C(O)CCCC#CCN1C(=O)CCCC[C@@H]1/C=C/C(O)Cc1ccc(Cl)cc1. The highest BCUT2D eigenvalue weighted by Gasteiger charge is 2.23. The van der Waals surface area contributed by atoms with Crippen LogP contribution in [0.3, 0.4) is 0 Å². The van der Waals surface area contributed by atoms with Crippen LogP contribution in [0.1, 0.15) is 50.5 Å². The lowest BCUT2D eigenvalue weighted by atomic mass is 10.0. The highest BCUT2D eigenvalue weighted by atomic mass is 35.5. The second-order valence-electron chi connectivity index (χ2n) is 7.22. The third kappa shape index (κ3) is 8.72. The van der Waals surface area contributed by atoms with Gasteiger partial charge in [-0.25, -0.2) is 0 Å². The Kier molecular flexibility index (Phi) is 9.76. The molecule has 0 saturated carbocycles. The van der Waals surface area contributed by atoms with E-state index in [4.69, 9.17) is 16.7 Å². The van der Waals surface area contributed by atoms with Crippen molar-refractivity contribution < 1.29 is 19.8 Å². The molecule has 0 spiro atoms. The molecule has 6 heteroatoms. The van der Waals surface area contributed by atoms with Crippen molar-refractivity contribution in [2.45, 2.75) is 63.5 Å². The molecule has 0 radical (unpaired) electrons. The topological polar surface area (TPSA) is 77.8 Å². The van der Waals surface area contributed by atoms with E-state index in [9.17, 15) is 14.7 Å². The standard InChI is InChI=1S/C23H28ClNO4/c24-19-12-10-18(11-13-19)17-21(26)15-14-20-7-4-5-8-22(27)25(20)16-6-2-1-3-9-23(28)29/h10-15,20-21,26H,1,3-5,7-9,16-17H2,(H,28,29)/b15-14+/t20-,21?/m1/s1. The summed E-state index contributed by atoms with van der Waals surface area (Å²) in [6.07, 6.45) is 7.81. The summed E-state index contributed by atoms with van der Waals surface area (Å²) >= 11 is 5.89. The number of halogens is 1. The second kappa shape index (κ2) is 12.3. The highest BCUT2D eigenvalue weighted by Crippen LogP contribution is 2.19. The first kappa shape index (κ1) is 23.0. The molecule has 1 amide bonds. The van der Waals surface area contributed by atoms with Crippen molar-refractivity contribution in [3.8, 4) is 11.8 Å². The summed E-state index contributed by atoms with van der Waals surface area (Å²) in [5.74, 6) is 5.21. The number of carbonyl (C=O) groups excluding carboxylic acids is 1. The molecule has 0 bridgehead atoms. The number of hydrogen-bond acceptors (Lipinski definition) is 3. The first-order valence-electron chi connectivity index (χ1n) is 10.0. The van der Waals surface area contributed by atoms with Gasteiger partial charge < -0.3 is 15.1 Å². The Morgan fingerprint density at radius 3 is 2.76 bits per heavy atom. The predicted molar refractivity (Wildman–Crippen MR) is 114 cm³/mol. The molecule has 0 aromatic heterocycles. The normalized spacial score (nSPS) is 18.2. The number of nitrogens with zero attached hydrogens (tertiary/aromatic N) is 1. The van der Waals surface area contributed by atoms with Crippen LogP contribution >= 0.6 is 11.6 Å². The summed E-state index contributed by atoms with van der Waals surface area (Å²) < 4.78 is 0. The molecule has 1 aromatic carbocycles.